The van der Waals surface area contributed by atoms with E-state index in [-0.39, 0.29) is 5.91 Å². The van der Waals surface area contributed by atoms with E-state index >= 15 is 0 Å². The Hall–Kier alpha value is -1.82. The topological polar surface area (TPSA) is 42.2 Å². The molecule has 2 aromatic carbocycles. The summed E-state index contributed by atoms with van der Waals surface area (Å²) in [7, 11) is 0. The Morgan fingerprint density at radius 1 is 1.00 bits per heavy atom. The van der Waals surface area contributed by atoms with Gasteiger partial charge >= 0.3 is 0 Å². The van der Waals surface area contributed by atoms with E-state index in [0.29, 0.717) is 9.53 Å². The maximum absolute atomic E-state index is 12.0. The minimum absolute atomic E-state index is 0.238. The molecule has 0 unspecified atom stereocenters. The molecule has 0 radical (unpaired) electrons. The van der Waals surface area contributed by atoms with E-state index in [0.717, 1.165) is 16.5 Å². The SMILES string of the molecule is O=C(Nc1ccc2ccccc2c1)c1ccc(I)o1. The number of benzene rings is 2. The van der Waals surface area contributed by atoms with E-state index in [1.807, 2.05) is 65.1 Å². The number of furan rings is 1. The fourth-order valence-electron chi connectivity index (χ4n) is 1.90. The van der Waals surface area contributed by atoms with Crippen molar-refractivity contribution in [2.75, 3.05) is 5.32 Å². The Bertz CT molecular complexity index is 748. The molecule has 0 bridgehead atoms. The number of rotatable bonds is 2. The highest BCUT2D eigenvalue weighted by Crippen LogP contribution is 2.20. The van der Waals surface area contributed by atoms with Crippen LogP contribution < -0.4 is 5.32 Å². The highest BCUT2D eigenvalue weighted by atomic mass is 127. The maximum Gasteiger partial charge on any atom is 0.291 e. The van der Waals surface area contributed by atoms with Gasteiger partial charge in [-0.05, 0) is 57.6 Å². The quantitative estimate of drug-likeness (QED) is 0.691. The zero-order chi connectivity index (χ0) is 13.2. The molecule has 94 valence electrons. The van der Waals surface area contributed by atoms with Crippen molar-refractivity contribution in [2.24, 2.45) is 0 Å². The summed E-state index contributed by atoms with van der Waals surface area (Å²) < 4.78 is 5.98. The van der Waals surface area contributed by atoms with Gasteiger partial charge in [0.05, 0.1) is 0 Å². The predicted octanol–water partition coefficient (Wildman–Crippen LogP) is 4.29. The number of hydrogen-bond acceptors (Lipinski definition) is 2. The molecule has 3 rings (SSSR count). The van der Waals surface area contributed by atoms with Gasteiger partial charge in [-0.25, -0.2) is 0 Å². The van der Waals surface area contributed by atoms with Crippen molar-refractivity contribution in [3.8, 4) is 0 Å². The van der Waals surface area contributed by atoms with Gasteiger partial charge < -0.3 is 9.73 Å². The van der Waals surface area contributed by atoms with E-state index in [1.54, 1.807) is 12.1 Å². The van der Waals surface area contributed by atoms with Crippen LogP contribution in [0.5, 0.6) is 0 Å². The van der Waals surface area contributed by atoms with Gasteiger partial charge in [-0.2, -0.15) is 0 Å². The number of amides is 1. The molecule has 1 heterocycles. The first-order valence-electron chi connectivity index (χ1n) is 5.78. The first kappa shape index (κ1) is 12.2. The zero-order valence-electron chi connectivity index (χ0n) is 9.89. The first-order valence-corrected chi connectivity index (χ1v) is 6.86. The smallest absolute Gasteiger partial charge is 0.291 e. The summed E-state index contributed by atoms with van der Waals surface area (Å²) in [6.45, 7) is 0. The van der Waals surface area contributed by atoms with Crippen LogP contribution in [0.1, 0.15) is 10.6 Å². The Kier molecular flexibility index (Phi) is 3.25. The van der Waals surface area contributed by atoms with E-state index in [9.17, 15) is 4.79 Å². The van der Waals surface area contributed by atoms with Gasteiger partial charge in [0.1, 0.15) is 0 Å². The van der Waals surface area contributed by atoms with E-state index in [4.69, 9.17) is 4.42 Å². The Labute approximate surface area is 123 Å². The number of carbonyl (C=O) groups excluding carboxylic acids is 1. The molecule has 1 amide bonds. The van der Waals surface area contributed by atoms with Crippen molar-refractivity contribution in [3.63, 3.8) is 0 Å². The summed E-state index contributed by atoms with van der Waals surface area (Å²) in [6, 6.07) is 17.3. The molecule has 0 spiro atoms. The molecule has 0 atom stereocenters. The molecule has 0 aliphatic rings. The lowest BCUT2D eigenvalue weighted by Gasteiger charge is -2.04. The first-order chi connectivity index (χ1) is 9.22. The molecule has 0 aliphatic heterocycles. The fourth-order valence-corrected chi connectivity index (χ4v) is 2.31. The van der Waals surface area contributed by atoms with Crippen molar-refractivity contribution in [1.29, 1.82) is 0 Å². The second kappa shape index (κ2) is 5.05. The number of nitrogens with one attached hydrogen (secondary N) is 1. The van der Waals surface area contributed by atoms with E-state index in [2.05, 4.69) is 5.32 Å². The third-order valence-electron chi connectivity index (χ3n) is 2.80. The van der Waals surface area contributed by atoms with Crippen LogP contribution in [0.4, 0.5) is 5.69 Å². The molecule has 3 nitrogen and oxygen atoms in total. The van der Waals surface area contributed by atoms with Crippen LogP contribution in [0.2, 0.25) is 0 Å². The highest BCUT2D eigenvalue weighted by Gasteiger charge is 2.10. The second-order valence-corrected chi connectivity index (χ2v) is 5.18. The van der Waals surface area contributed by atoms with Crippen LogP contribution in [0.15, 0.2) is 59.0 Å². The zero-order valence-corrected chi connectivity index (χ0v) is 12.0. The van der Waals surface area contributed by atoms with Crippen molar-refractivity contribution in [2.45, 2.75) is 0 Å². The lowest BCUT2D eigenvalue weighted by atomic mass is 10.1. The predicted molar refractivity (Wildman–Crippen MR) is 83.3 cm³/mol. The van der Waals surface area contributed by atoms with Gasteiger partial charge in [0, 0.05) is 5.69 Å². The largest absolute Gasteiger partial charge is 0.445 e. The summed E-state index contributed by atoms with van der Waals surface area (Å²) in [5.74, 6) is 0.0794. The highest BCUT2D eigenvalue weighted by molar-refractivity contribution is 14.1. The fraction of sp³-hybridized carbons (Fsp3) is 0. The Morgan fingerprint density at radius 2 is 1.79 bits per heavy atom. The summed E-state index contributed by atoms with van der Waals surface area (Å²) in [5.41, 5.74) is 0.759. The summed E-state index contributed by atoms with van der Waals surface area (Å²) in [6.07, 6.45) is 0. The molecule has 0 saturated heterocycles. The Morgan fingerprint density at radius 3 is 2.53 bits per heavy atom. The van der Waals surface area contributed by atoms with Gasteiger partial charge in [-0.15, -0.1) is 0 Å². The summed E-state index contributed by atoms with van der Waals surface area (Å²) in [4.78, 5) is 12.0. The molecule has 4 heteroatoms. The molecule has 1 N–H and O–H groups in total. The number of carbonyl (C=O) groups is 1. The van der Waals surface area contributed by atoms with Crippen molar-refractivity contribution in [1.82, 2.24) is 0 Å². The van der Waals surface area contributed by atoms with Crippen molar-refractivity contribution < 1.29 is 9.21 Å². The second-order valence-electron chi connectivity index (χ2n) is 4.12. The molecule has 0 saturated carbocycles. The van der Waals surface area contributed by atoms with Crippen LogP contribution in [0, 0.1) is 3.77 Å². The normalized spacial score (nSPS) is 10.6. The lowest BCUT2D eigenvalue weighted by Crippen LogP contribution is -2.10. The number of hydrogen-bond donors (Lipinski definition) is 1. The Balaban J connectivity index is 1.87. The van der Waals surface area contributed by atoms with Crippen molar-refractivity contribution in [3.05, 3.63) is 64.1 Å². The molecule has 0 fully saturated rings. The molecular weight excluding hydrogens is 353 g/mol. The van der Waals surface area contributed by atoms with Crippen molar-refractivity contribution >= 4 is 45.0 Å². The van der Waals surface area contributed by atoms with Gasteiger partial charge in [-0.1, -0.05) is 30.3 Å². The molecule has 3 aromatic rings. The van der Waals surface area contributed by atoms with Crippen LogP contribution in [0.3, 0.4) is 0 Å². The third kappa shape index (κ3) is 2.63. The number of fused-ring (bicyclic) bond motifs is 1. The number of anilines is 1. The average Bonchev–Trinajstić information content (AvgIpc) is 2.85. The minimum atomic E-state index is -0.238. The molecule has 19 heavy (non-hydrogen) atoms. The standard InChI is InChI=1S/C15H10INO2/c16-14-8-7-13(19-14)15(18)17-12-6-5-10-3-1-2-4-11(10)9-12/h1-9H,(H,17,18). The summed E-state index contributed by atoms with van der Waals surface area (Å²) in [5, 5.41) is 5.07. The van der Waals surface area contributed by atoms with E-state index < -0.39 is 0 Å². The van der Waals surface area contributed by atoms with Gasteiger partial charge in [0.2, 0.25) is 0 Å². The van der Waals surface area contributed by atoms with Gasteiger partial charge in [-0.3, -0.25) is 4.79 Å². The third-order valence-corrected chi connectivity index (χ3v) is 3.38. The van der Waals surface area contributed by atoms with Crippen LogP contribution in [-0.4, -0.2) is 5.91 Å². The van der Waals surface area contributed by atoms with E-state index in [1.165, 1.54) is 0 Å². The van der Waals surface area contributed by atoms with Crippen LogP contribution in [-0.2, 0) is 0 Å². The van der Waals surface area contributed by atoms with Crippen LogP contribution >= 0.6 is 22.6 Å². The van der Waals surface area contributed by atoms with Gasteiger partial charge in [0.15, 0.2) is 9.53 Å². The summed E-state index contributed by atoms with van der Waals surface area (Å²) >= 11 is 2.03. The molecule has 1 aromatic heterocycles. The maximum atomic E-state index is 12.0. The molecule has 0 aliphatic carbocycles. The lowest BCUT2D eigenvalue weighted by molar-refractivity contribution is 0.0995. The minimum Gasteiger partial charge on any atom is -0.445 e. The average molecular weight is 363 g/mol. The number of halogens is 1. The van der Waals surface area contributed by atoms with Crippen LogP contribution in [0.25, 0.3) is 10.8 Å². The monoisotopic (exact) mass is 363 g/mol. The van der Waals surface area contributed by atoms with Gasteiger partial charge in [0.25, 0.3) is 5.91 Å². The molecular formula is C15H10INO2.